The summed E-state index contributed by atoms with van der Waals surface area (Å²) in [5, 5.41) is 8.28. The largest absolute Gasteiger partial charge is 0.416 e. The monoisotopic (exact) mass is 669 g/mol. The lowest BCUT2D eigenvalue weighted by molar-refractivity contribution is -0.137. The fourth-order valence-corrected chi connectivity index (χ4v) is 5.99. The Morgan fingerprint density at radius 3 is 1.50 bits per heavy atom. The van der Waals surface area contributed by atoms with Gasteiger partial charge in [-0.15, -0.1) is 10.2 Å². The number of benzene rings is 4. The van der Waals surface area contributed by atoms with Gasteiger partial charge in [-0.25, -0.2) is 0 Å². The summed E-state index contributed by atoms with van der Waals surface area (Å²) in [6.07, 6.45) is -4.84. The molecular weight excluding hydrogens is 651 g/mol. The maximum Gasteiger partial charge on any atom is 0.416 e. The number of halogens is 4. The number of imide groups is 2. The number of alkyl halides is 3. The lowest BCUT2D eigenvalue weighted by atomic mass is 9.98. The summed E-state index contributed by atoms with van der Waals surface area (Å²) in [6, 6.07) is 20.5. The number of nitrogens with zero attached hydrogens (tertiary/aromatic N) is 5. The van der Waals surface area contributed by atoms with E-state index in [9.17, 15) is 37.1 Å². The molecule has 0 saturated heterocycles. The van der Waals surface area contributed by atoms with E-state index in [1.807, 2.05) is 0 Å². The van der Waals surface area contributed by atoms with Crippen molar-refractivity contribution >= 4 is 41.0 Å². The minimum atomic E-state index is -4.84. The van der Waals surface area contributed by atoms with E-state index in [0.29, 0.717) is 6.07 Å². The first-order chi connectivity index (χ1) is 23.0. The van der Waals surface area contributed by atoms with Gasteiger partial charge in [-0.05, 0) is 54.6 Å². The molecule has 4 aromatic carbocycles. The first-order valence-electron chi connectivity index (χ1n) is 14.3. The molecule has 3 heterocycles. The van der Waals surface area contributed by atoms with Crippen LogP contribution in [-0.2, 0) is 19.3 Å². The van der Waals surface area contributed by atoms with Gasteiger partial charge in [0.2, 0.25) is 0 Å². The third-order valence-electron chi connectivity index (χ3n) is 8.08. The molecule has 0 saturated carbocycles. The predicted molar refractivity (Wildman–Crippen MR) is 163 cm³/mol. The highest BCUT2D eigenvalue weighted by molar-refractivity contribution is 6.35. The van der Waals surface area contributed by atoms with Crippen molar-refractivity contribution in [3.05, 3.63) is 147 Å². The molecule has 7 rings (SSSR count). The van der Waals surface area contributed by atoms with Gasteiger partial charge < -0.3 is 0 Å². The molecule has 2 aliphatic heterocycles. The summed E-state index contributed by atoms with van der Waals surface area (Å²) in [5.74, 6) is -3.74. The quantitative estimate of drug-likeness (QED) is 0.159. The van der Waals surface area contributed by atoms with E-state index >= 15 is 0 Å². The lowest BCUT2D eigenvalue weighted by Gasteiger charge is -2.20. The second-order valence-electron chi connectivity index (χ2n) is 10.9. The van der Waals surface area contributed by atoms with E-state index in [1.54, 1.807) is 30.3 Å². The van der Waals surface area contributed by atoms with Crippen molar-refractivity contribution in [1.82, 2.24) is 24.6 Å². The van der Waals surface area contributed by atoms with E-state index in [-0.39, 0.29) is 50.2 Å². The highest BCUT2D eigenvalue weighted by Crippen LogP contribution is 2.35. The van der Waals surface area contributed by atoms with Crippen LogP contribution >= 0.6 is 11.6 Å². The molecule has 0 atom stereocenters. The van der Waals surface area contributed by atoms with E-state index in [4.69, 9.17) is 11.6 Å². The fourth-order valence-electron chi connectivity index (χ4n) is 5.76. The molecule has 5 aromatic rings. The van der Waals surface area contributed by atoms with Gasteiger partial charge in [-0.2, -0.15) is 13.2 Å². The van der Waals surface area contributed by atoms with Gasteiger partial charge >= 0.3 is 6.18 Å². The molecule has 0 bridgehead atoms. The van der Waals surface area contributed by atoms with Crippen LogP contribution in [0.25, 0.3) is 5.69 Å². The summed E-state index contributed by atoms with van der Waals surface area (Å²) < 4.78 is 43.1. The van der Waals surface area contributed by atoms with Crippen LogP contribution in [0.5, 0.6) is 0 Å². The fraction of sp³-hybridized carbons (Fsp3) is 0.0882. The number of ketones is 1. The van der Waals surface area contributed by atoms with Crippen molar-refractivity contribution in [2.45, 2.75) is 19.3 Å². The number of amides is 4. The Hall–Kier alpha value is -5.95. The third kappa shape index (κ3) is 4.95. The second kappa shape index (κ2) is 11.4. The highest BCUT2D eigenvalue weighted by Gasteiger charge is 2.40. The van der Waals surface area contributed by atoms with Crippen molar-refractivity contribution < 1.29 is 37.1 Å². The lowest BCUT2D eigenvalue weighted by Crippen LogP contribution is -2.32. The Kier molecular flexibility index (Phi) is 7.28. The molecule has 238 valence electrons. The maximum atomic E-state index is 14.0. The van der Waals surface area contributed by atoms with E-state index in [0.717, 1.165) is 21.9 Å². The minimum Gasteiger partial charge on any atom is -0.288 e. The number of carbonyl (C=O) groups is 5. The van der Waals surface area contributed by atoms with Crippen LogP contribution in [0.1, 0.15) is 74.6 Å². The Bertz CT molecular complexity index is 2070. The number of hydrogen-bond acceptors (Lipinski definition) is 7. The second-order valence-corrected chi connectivity index (χ2v) is 11.3. The molecule has 14 heteroatoms. The van der Waals surface area contributed by atoms with Gasteiger partial charge in [0.05, 0.1) is 51.6 Å². The molecule has 2 aliphatic rings. The number of hydrogen-bond donors (Lipinski definition) is 0. The van der Waals surface area contributed by atoms with E-state index < -0.39 is 59.8 Å². The summed E-state index contributed by atoms with van der Waals surface area (Å²) >= 11 is 6.28. The summed E-state index contributed by atoms with van der Waals surface area (Å²) in [6.45, 7) is -1.02. The Morgan fingerprint density at radius 2 is 1.06 bits per heavy atom. The maximum absolute atomic E-state index is 14.0. The molecule has 0 radical (unpaired) electrons. The number of fused-ring (bicyclic) bond motifs is 2. The molecule has 0 fully saturated rings. The van der Waals surface area contributed by atoms with Crippen LogP contribution < -0.4 is 0 Å². The summed E-state index contributed by atoms with van der Waals surface area (Å²) in [5.41, 5.74) is -1.31. The Morgan fingerprint density at radius 1 is 0.625 bits per heavy atom. The molecule has 4 amide bonds. The molecule has 0 aliphatic carbocycles. The van der Waals surface area contributed by atoms with Gasteiger partial charge in [-0.1, -0.05) is 48.0 Å². The Labute approximate surface area is 274 Å². The first kappa shape index (κ1) is 30.7. The zero-order chi connectivity index (χ0) is 33.9. The molecule has 10 nitrogen and oxygen atoms in total. The van der Waals surface area contributed by atoms with Crippen molar-refractivity contribution in [1.29, 1.82) is 0 Å². The predicted octanol–water partition coefficient (Wildman–Crippen LogP) is 5.76. The van der Waals surface area contributed by atoms with Crippen LogP contribution in [0.2, 0.25) is 5.02 Å². The van der Waals surface area contributed by atoms with Crippen LogP contribution in [0.3, 0.4) is 0 Å². The van der Waals surface area contributed by atoms with Crippen molar-refractivity contribution in [2.24, 2.45) is 0 Å². The molecular formula is C34H19ClF3N5O5. The van der Waals surface area contributed by atoms with Gasteiger partial charge in [0.1, 0.15) is 0 Å². The first-order valence-corrected chi connectivity index (χ1v) is 14.7. The van der Waals surface area contributed by atoms with Gasteiger partial charge in [0.15, 0.2) is 17.4 Å². The average Bonchev–Trinajstić information content (AvgIpc) is 3.67. The average molecular weight is 670 g/mol. The van der Waals surface area contributed by atoms with Crippen LogP contribution in [0.4, 0.5) is 13.2 Å². The highest BCUT2D eigenvalue weighted by atomic mass is 35.5. The zero-order valence-corrected chi connectivity index (χ0v) is 25.1. The minimum absolute atomic E-state index is 0.0212. The number of carbonyl (C=O) groups excluding carboxylic acids is 5. The van der Waals surface area contributed by atoms with E-state index in [1.165, 1.54) is 47.0 Å². The topological polar surface area (TPSA) is 123 Å². The van der Waals surface area contributed by atoms with Crippen molar-refractivity contribution in [3.8, 4) is 5.69 Å². The van der Waals surface area contributed by atoms with Gasteiger partial charge in [-0.3, -0.25) is 38.3 Å². The molecule has 1 aromatic heterocycles. The van der Waals surface area contributed by atoms with Crippen LogP contribution in [-0.4, -0.2) is 54.0 Å². The van der Waals surface area contributed by atoms with Gasteiger partial charge in [0, 0.05) is 11.1 Å². The third-order valence-corrected chi connectivity index (χ3v) is 8.41. The Balaban J connectivity index is 1.39. The molecule has 0 unspecified atom stereocenters. The SMILES string of the molecule is O=C(c1ccccc1Cl)c1cc(C(F)(F)F)ccc1-n1c(CN2C(=O)c3ccccc3C2=O)nnc1CN1C(=O)c2ccccc2C1=O. The summed E-state index contributed by atoms with van der Waals surface area (Å²) in [4.78, 5) is 68.8. The molecule has 48 heavy (non-hydrogen) atoms. The number of aromatic nitrogens is 3. The standard InChI is InChI=1S/C34H19ClF3N5O5/c35-25-12-6-5-11-23(25)29(44)24-15-18(34(36,37)38)13-14-26(24)43-27(16-41-30(45)19-7-1-2-8-20(19)31(41)46)39-40-28(43)17-42-32(47)21-9-3-4-10-22(21)33(42)48/h1-15H,16-17H2. The van der Waals surface area contributed by atoms with Gasteiger partial charge in [0.25, 0.3) is 23.6 Å². The molecule has 0 spiro atoms. The normalized spacial score (nSPS) is 14.2. The van der Waals surface area contributed by atoms with Crippen molar-refractivity contribution in [2.75, 3.05) is 0 Å². The van der Waals surface area contributed by atoms with Crippen molar-refractivity contribution in [3.63, 3.8) is 0 Å². The van der Waals surface area contributed by atoms with E-state index in [2.05, 4.69) is 10.2 Å². The summed E-state index contributed by atoms with van der Waals surface area (Å²) in [7, 11) is 0. The molecule has 0 N–H and O–H groups in total. The van der Waals surface area contributed by atoms with Crippen LogP contribution in [0.15, 0.2) is 91.0 Å². The number of rotatable bonds is 7. The van der Waals surface area contributed by atoms with Crippen LogP contribution in [0, 0.1) is 0 Å². The smallest absolute Gasteiger partial charge is 0.288 e. The zero-order valence-electron chi connectivity index (χ0n) is 24.4.